The third-order valence-corrected chi connectivity index (χ3v) is 2.20. The predicted octanol–water partition coefficient (Wildman–Crippen LogP) is -0.711. The summed E-state index contributed by atoms with van der Waals surface area (Å²) in [6.07, 6.45) is 0.142. The number of hydrogen-bond acceptors (Lipinski definition) is 4. The van der Waals surface area contributed by atoms with E-state index < -0.39 is 7.94 Å². The van der Waals surface area contributed by atoms with Gasteiger partial charge in [-0.2, -0.15) is 0 Å². The summed E-state index contributed by atoms with van der Waals surface area (Å²) in [5, 5.41) is 2.60. The molecule has 0 aliphatic heterocycles. The Balaban J connectivity index is 3.37. The maximum absolute atomic E-state index is 8.73. The molecule has 0 atom stereocenters. The standard InChI is InChI=1S/C3H12NO3P/c1-4-3-8(5,6)7-2/h4-6,8H,3H2,1-2H3. The molecular weight excluding hydrogens is 129 g/mol. The van der Waals surface area contributed by atoms with E-state index in [1.807, 2.05) is 0 Å². The Morgan fingerprint density at radius 2 is 2.12 bits per heavy atom. The van der Waals surface area contributed by atoms with Crippen LogP contribution in [-0.4, -0.2) is 30.2 Å². The first-order valence-corrected chi connectivity index (χ1v) is 4.28. The van der Waals surface area contributed by atoms with Crippen molar-refractivity contribution in [2.24, 2.45) is 0 Å². The van der Waals surface area contributed by atoms with E-state index in [2.05, 4.69) is 9.84 Å². The summed E-state index contributed by atoms with van der Waals surface area (Å²) in [5.74, 6) is 0. The molecule has 0 amide bonds. The van der Waals surface area contributed by atoms with Gasteiger partial charge in [-0.05, 0) is 0 Å². The molecule has 0 bridgehead atoms. The minimum atomic E-state index is -3.29. The summed E-state index contributed by atoms with van der Waals surface area (Å²) >= 11 is 0. The van der Waals surface area contributed by atoms with Gasteiger partial charge in [0.25, 0.3) is 0 Å². The molecule has 8 heavy (non-hydrogen) atoms. The van der Waals surface area contributed by atoms with Gasteiger partial charge in [-0.25, -0.2) is 0 Å². The second-order valence-corrected chi connectivity index (χ2v) is 3.73. The van der Waals surface area contributed by atoms with Gasteiger partial charge in [-0.1, -0.05) is 0 Å². The van der Waals surface area contributed by atoms with Crippen molar-refractivity contribution in [3.63, 3.8) is 0 Å². The molecule has 0 aromatic heterocycles. The maximum atomic E-state index is 8.73. The van der Waals surface area contributed by atoms with E-state index in [0.717, 1.165) is 0 Å². The topological polar surface area (TPSA) is 61.7 Å². The number of hydrogen-bond donors (Lipinski definition) is 3. The SMILES string of the molecule is CNC[PH](O)(O)OC. The van der Waals surface area contributed by atoms with Crippen LogP contribution in [0.1, 0.15) is 0 Å². The Morgan fingerprint density at radius 3 is 2.25 bits per heavy atom. The molecular formula is C3H12NO3P. The van der Waals surface area contributed by atoms with E-state index in [1.54, 1.807) is 7.05 Å². The fraction of sp³-hybridized carbons (Fsp3) is 1.00. The Labute approximate surface area is 49.1 Å². The van der Waals surface area contributed by atoms with Crippen molar-refractivity contribution < 1.29 is 14.3 Å². The third-order valence-electron chi connectivity index (χ3n) is 0.734. The van der Waals surface area contributed by atoms with Crippen LogP contribution in [0.15, 0.2) is 0 Å². The summed E-state index contributed by atoms with van der Waals surface area (Å²) < 4.78 is 4.37. The monoisotopic (exact) mass is 141 g/mol. The van der Waals surface area contributed by atoms with Crippen molar-refractivity contribution in [3.05, 3.63) is 0 Å². The minimum absolute atomic E-state index is 0.142. The van der Waals surface area contributed by atoms with Crippen LogP contribution in [0.3, 0.4) is 0 Å². The van der Waals surface area contributed by atoms with Crippen LogP contribution in [0.2, 0.25) is 0 Å². The number of rotatable bonds is 3. The average molecular weight is 141 g/mol. The molecule has 0 aromatic rings. The summed E-state index contributed by atoms with van der Waals surface area (Å²) in [6.45, 7) is 0. The van der Waals surface area contributed by atoms with Crippen LogP contribution in [0, 0.1) is 0 Å². The van der Waals surface area contributed by atoms with Crippen LogP contribution in [0.5, 0.6) is 0 Å². The third kappa shape index (κ3) is 3.29. The van der Waals surface area contributed by atoms with Crippen molar-refractivity contribution in [2.45, 2.75) is 0 Å². The number of nitrogens with one attached hydrogen (secondary N) is 1. The Morgan fingerprint density at radius 1 is 1.62 bits per heavy atom. The van der Waals surface area contributed by atoms with Gasteiger partial charge in [0, 0.05) is 0 Å². The summed E-state index contributed by atoms with van der Waals surface area (Å²) in [7, 11) is -0.375. The van der Waals surface area contributed by atoms with E-state index in [9.17, 15) is 0 Å². The normalized spacial score (nSPS) is 14.0. The Kier molecular flexibility index (Phi) is 3.44. The molecule has 0 rings (SSSR count). The van der Waals surface area contributed by atoms with E-state index in [-0.39, 0.29) is 6.29 Å². The summed E-state index contributed by atoms with van der Waals surface area (Å²) in [4.78, 5) is 17.5. The Hall–Kier alpha value is 0.270. The summed E-state index contributed by atoms with van der Waals surface area (Å²) in [5.41, 5.74) is 0. The van der Waals surface area contributed by atoms with Gasteiger partial charge in [-0.3, -0.25) is 0 Å². The molecule has 0 aliphatic carbocycles. The first-order chi connectivity index (χ1) is 3.62. The quantitative estimate of drug-likeness (QED) is 0.454. The van der Waals surface area contributed by atoms with Gasteiger partial charge in [0.05, 0.1) is 0 Å². The van der Waals surface area contributed by atoms with Crippen molar-refractivity contribution in [3.8, 4) is 0 Å². The van der Waals surface area contributed by atoms with Crippen LogP contribution >= 0.6 is 7.94 Å². The molecule has 0 heterocycles. The van der Waals surface area contributed by atoms with Gasteiger partial charge >= 0.3 is 48.0 Å². The molecule has 0 spiro atoms. The zero-order valence-corrected chi connectivity index (χ0v) is 6.01. The van der Waals surface area contributed by atoms with E-state index in [1.165, 1.54) is 7.11 Å². The molecule has 0 radical (unpaired) electrons. The molecule has 0 saturated heterocycles. The Bertz CT molecular complexity index is 67.5. The molecule has 0 saturated carbocycles. The van der Waals surface area contributed by atoms with Gasteiger partial charge in [-0.15, -0.1) is 0 Å². The van der Waals surface area contributed by atoms with Gasteiger partial charge in [0.1, 0.15) is 0 Å². The van der Waals surface area contributed by atoms with Gasteiger partial charge in [0.2, 0.25) is 0 Å². The predicted molar refractivity (Wildman–Crippen MR) is 33.7 cm³/mol. The fourth-order valence-corrected chi connectivity index (χ4v) is 0.907. The van der Waals surface area contributed by atoms with Crippen molar-refractivity contribution in [1.29, 1.82) is 0 Å². The fourth-order valence-electron chi connectivity index (χ4n) is 0.302. The van der Waals surface area contributed by atoms with Crippen LogP contribution < -0.4 is 5.32 Å². The second kappa shape index (κ2) is 3.33. The van der Waals surface area contributed by atoms with Crippen molar-refractivity contribution >= 4 is 7.94 Å². The molecule has 0 aromatic carbocycles. The zero-order valence-electron chi connectivity index (χ0n) is 5.01. The van der Waals surface area contributed by atoms with E-state index in [0.29, 0.717) is 0 Å². The van der Waals surface area contributed by atoms with Crippen LogP contribution in [-0.2, 0) is 4.52 Å². The molecule has 4 nitrogen and oxygen atoms in total. The molecule has 0 unspecified atom stereocenters. The first-order valence-electron chi connectivity index (χ1n) is 2.27. The zero-order chi connectivity index (χ0) is 6.62. The molecule has 0 aliphatic rings. The van der Waals surface area contributed by atoms with Crippen LogP contribution in [0.25, 0.3) is 0 Å². The molecule has 5 heteroatoms. The van der Waals surface area contributed by atoms with Crippen LogP contribution in [0.4, 0.5) is 0 Å². The van der Waals surface area contributed by atoms with Crippen molar-refractivity contribution in [1.82, 2.24) is 5.32 Å². The molecule has 3 N–H and O–H groups in total. The van der Waals surface area contributed by atoms with Crippen molar-refractivity contribution in [2.75, 3.05) is 20.4 Å². The average Bonchev–Trinajstić information content (AvgIpc) is 1.67. The first kappa shape index (κ1) is 8.27. The van der Waals surface area contributed by atoms with Gasteiger partial charge < -0.3 is 0 Å². The molecule has 52 valence electrons. The van der Waals surface area contributed by atoms with E-state index in [4.69, 9.17) is 9.79 Å². The van der Waals surface area contributed by atoms with Gasteiger partial charge in [0.15, 0.2) is 0 Å². The molecule has 0 fully saturated rings. The second-order valence-electron chi connectivity index (χ2n) is 1.48. The van der Waals surface area contributed by atoms with E-state index >= 15 is 0 Å². The summed E-state index contributed by atoms with van der Waals surface area (Å²) in [6, 6.07) is 0.